The molecule has 0 aliphatic carbocycles. The van der Waals surface area contributed by atoms with Crippen LogP contribution in [0.3, 0.4) is 0 Å². The minimum Gasteiger partial charge on any atom is -0.284 e. The Hall–Kier alpha value is -2.72. The minimum absolute atomic E-state index is 0.430. The van der Waals surface area contributed by atoms with Gasteiger partial charge in [0.1, 0.15) is 11.5 Å². The first-order valence-corrected chi connectivity index (χ1v) is 7.13. The summed E-state index contributed by atoms with van der Waals surface area (Å²) < 4.78 is 1.81. The number of halogens is 1. The monoisotopic (exact) mass is 307 g/mol. The predicted octanol–water partition coefficient (Wildman–Crippen LogP) is 3.95. The average molecular weight is 308 g/mol. The van der Waals surface area contributed by atoms with Crippen LogP contribution in [0.25, 0.3) is 27.6 Å². The Morgan fingerprint density at radius 2 is 1.77 bits per heavy atom. The molecule has 0 aliphatic rings. The van der Waals surface area contributed by atoms with E-state index in [-0.39, 0.29) is 0 Å². The molecule has 0 spiro atoms. The normalized spacial score (nSPS) is 11.1. The second-order valence-corrected chi connectivity index (χ2v) is 5.26. The number of pyridine rings is 2. The van der Waals surface area contributed by atoms with Crippen LogP contribution >= 0.6 is 11.6 Å². The molecule has 4 nitrogen and oxygen atoms in total. The quantitative estimate of drug-likeness (QED) is 0.527. The molecule has 0 unspecified atom stereocenters. The Kier molecular flexibility index (Phi) is 2.91. The molecule has 0 bridgehead atoms. The average Bonchev–Trinajstić information content (AvgIpc) is 2.94. The number of rotatable bonds is 2. The SMILES string of the molecule is O=C(Cl)c1cn(-c2nccc3ccccc23)c2ncccc12. The van der Waals surface area contributed by atoms with Gasteiger partial charge in [0.25, 0.3) is 5.24 Å². The molecular weight excluding hydrogens is 298 g/mol. The molecule has 5 heteroatoms. The van der Waals surface area contributed by atoms with Crippen LogP contribution in [0, 0.1) is 0 Å². The molecule has 4 aromatic rings. The minimum atomic E-state index is -0.503. The molecule has 0 radical (unpaired) electrons. The zero-order valence-electron chi connectivity index (χ0n) is 11.4. The fraction of sp³-hybridized carbons (Fsp3) is 0. The smallest absolute Gasteiger partial charge is 0.254 e. The summed E-state index contributed by atoms with van der Waals surface area (Å²) in [5, 5.41) is 2.28. The number of carbonyl (C=O) groups is 1. The molecular formula is C17H10ClN3O. The first-order valence-electron chi connectivity index (χ1n) is 6.76. The number of nitrogens with zero attached hydrogens (tertiary/aromatic N) is 3. The Bertz CT molecular complexity index is 1020. The van der Waals surface area contributed by atoms with E-state index in [1.54, 1.807) is 24.7 Å². The van der Waals surface area contributed by atoms with Crippen molar-refractivity contribution in [3.8, 4) is 5.82 Å². The summed E-state index contributed by atoms with van der Waals surface area (Å²) in [5.74, 6) is 0.728. The lowest BCUT2D eigenvalue weighted by atomic mass is 10.1. The highest BCUT2D eigenvalue weighted by molar-refractivity contribution is 6.68. The molecule has 0 fully saturated rings. The molecule has 0 saturated heterocycles. The molecule has 0 aliphatic heterocycles. The summed E-state index contributed by atoms with van der Waals surface area (Å²) in [6.07, 6.45) is 5.13. The Balaban J connectivity index is 2.11. The summed E-state index contributed by atoms with van der Waals surface area (Å²) in [6, 6.07) is 13.5. The molecule has 3 aromatic heterocycles. The van der Waals surface area contributed by atoms with Gasteiger partial charge >= 0.3 is 0 Å². The largest absolute Gasteiger partial charge is 0.284 e. The van der Waals surface area contributed by atoms with Crippen molar-refractivity contribution in [2.24, 2.45) is 0 Å². The van der Waals surface area contributed by atoms with Crippen molar-refractivity contribution in [3.05, 3.63) is 66.6 Å². The van der Waals surface area contributed by atoms with Crippen LogP contribution in [-0.4, -0.2) is 19.8 Å². The number of fused-ring (bicyclic) bond motifs is 2. The van der Waals surface area contributed by atoms with Crippen LogP contribution in [0.4, 0.5) is 0 Å². The summed E-state index contributed by atoms with van der Waals surface area (Å²) in [4.78, 5) is 20.5. The van der Waals surface area contributed by atoms with Gasteiger partial charge in [0, 0.05) is 29.4 Å². The molecule has 0 N–H and O–H groups in total. The molecule has 4 rings (SSSR count). The lowest BCUT2D eigenvalue weighted by molar-refractivity contribution is 0.108. The molecule has 1 aromatic carbocycles. The fourth-order valence-electron chi connectivity index (χ4n) is 2.67. The van der Waals surface area contributed by atoms with Crippen LogP contribution in [-0.2, 0) is 0 Å². The predicted molar refractivity (Wildman–Crippen MR) is 86.6 cm³/mol. The molecule has 0 saturated carbocycles. The highest BCUT2D eigenvalue weighted by atomic mass is 35.5. The van der Waals surface area contributed by atoms with E-state index in [1.165, 1.54) is 0 Å². The maximum atomic E-state index is 11.7. The van der Waals surface area contributed by atoms with Gasteiger partial charge in [0.05, 0.1) is 5.56 Å². The fourth-order valence-corrected chi connectivity index (χ4v) is 2.82. The first-order chi connectivity index (χ1) is 10.8. The van der Waals surface area contributed by atoms with E-state index in [0.717, 1.165) is 22.0 Å². The van der Waals surface area contributed by atoms with E-state index < -0.39 is 5.24 Å². The summed E-state index contributed by atoms with van der Waals surface area (Å²) in [6.45, 7) is 0. The van der Waals surface area contributed by atoms with Gasteiger partial charge in [0.2, 0.25) is 0 Å². The van der Waals surface area contributed by atoms with Gasteiger partial charge in [-0.15, -0.1) is 0 Å². The third-order valence-corrected chi connectivity index (χ3v) is 3.86. The lowest BCUT2D eigenvalue weighted by Gasteiger charge is -2.07. The lowest BCUT2D eigenvalue weighted by Crippen LogP contribution is -1.98. The van der Waals surface area contributed by atoms with E-state index in [0.29, 0.717) is 11.2 Å². The second-order valence-electron chi connectivity index (χ2n) is 4.92. The van der Waals surface area contributed by atoms with Crippen molar-refractivity contribution in [1.82, 2.24) is 14.5 Å². The highest BCUT2D eigenvalue weighted by Crippen LogP contribution is 2.27. The van der Waals surface area contributed by atoms with Gasteiger partial charge in [-0.05, 0) is 35.2 Å². The number of hydrogen-bond donors (Lipinski definition) is 0. The van der Waals surface area contributed by atoms with E-state index in [2.05, 4.69) is 9.97 Å². The van der Waals surface area contributed by atoms with Crippen LogP contribution < -0.4 is 0 Å². The topological polar surface area (TPSA) is 47.8 Å². The van der Waals surface area contributed by atoms with Gasteiger partial charge in [-0.2, -0.15) is 0 Å². The maximum absolute atomic E-state index is 11.7. The Morgan fingerprint density at radius 1 is 0.955 bits per heavy atom. The standard InChI is InChI=1S/C17H10ClN3O/c18-15(22)14-10-21(17-13(14)6-3-8-19-17)16-12-5-2-1-4-11(12)7-9-20-16/h1-10H. The number of hydrogen-bond acceptors (Lipinski definition) is 3. The van der Waals surface area contributed by atoms with Crippen LogP contribution in [0.15, 0.2) is 61.1 Å². The third-order valence-electron chi connectivity index (χ3n) is 3.66. The maximum Gasteiger partial charge on any atom is 0.254 e. The van der Waals surface area contributed by atoms with E-state index in [4.69, 9.17) is 11.6 Å². The number of benzene rings is 1. The van der Waals surface area contributed by atoms with Crippen LogP contribution in [0.2, 0.25) is 0 Å². The number of aromatic nitrogens is 3. The van der Waals surface area contributed by atoms with Gasteiger partial charge < -0.3 is 0 Å². The van der Waals surface area contributed by atoms with Gasteiger partial charge in [0.15, 0.2) is 0 Å². The number of carbonyl (C=O) groups excluding carboxylic acids is 1. The van der Waals surface area contributed by atoms with Crippen molar-refractivity contribution in [2.45, 2.75) is 0 Å². The van der Waals surface area contributed by atoms with Crippen molar-refractivity contribution in [2.75, 3.05) is 0 Å². The molecule has 0 amide bonds. The van der Waals surface area contributed by atoms with E-state index in [9.17, 15) is 4.79 Å². The molecule has 22 heavy (non-hydrogen) atoms. The van der Waals surface area contributed by atoms with Crippen LogP contribution in [0.5, 0.6) is 0 Å². The Morgan fingerprint density at radius 3 is 2.64 bits per heavy atom. The van der Waals surface area contributed by atoms with Gasteiger partial charge in [-0.1, -0.05) is 24.3 Å². The zero-order valence-corrected chi connectivity index (χ0v) is 12.2. The van der Waals surface area contributed by atoms with Gasteiger partial charge in [-0.25, -0.2) is 9.97 Å². The Labute approximate surface area is 131 Å². The first kappa shape index (κ1) is 13.0. The van der Waals surface area contributed by atoms with Crippen molar-refractivity contribution >= 4 is 38.6 Å². The van der Waals surface area contributed by atoms with Crippen molar-refractivity contribution in [1.29, 1.82) is 0 Å². The third kappa shape index (κ3) is 1.89. The molecule has 3 heterocycles. The van der Waals surface area contributed by atoms with Crippen molar-refractivity contribution in [3.63, 3.8) is 0 Å². The van der Waals surface area contributed by atoms with Crippen molar-refractivity contribution < 1.29 is 4.79 Å². The van der Waals surface area contributed by atoms with E-state index in [1.807, 2.05) is 41.0 Å². The highest BCUT2D eigenvalue weighted by Gasteiger charge is 2.16. The van der Waals surface area contributed by atoms with Gasteiger partial charge in [-0.3, -0.25) is 9.36 Å². The summed E-state index contributed by atoms with van der Waals surface area (Å²) in [5.41, 5.74) is 1.09. The molecule has 0 atom stereocenters. The summed E-state index contributed by atoms with van der Waals surface area (Å²) in [7, 11) is 0. The van der Waals surface area contributed by atoms with Crippen LogP contribution in [0.1, 0.15) is 10.4 Å². The second kappa shape index (κ2) is 4.93. The van der Waals surface area contributed by atoms with E-state index >= 15 is 0 Å². The zero-order chi connectivity index (χ0) is 15.1. The summed E-state index contributed by atoms with van der Waals surface area (Å²) >= 11 is 5.70. The molecule has 106 valence electrons.